The minimum absolute atomic E-state index is 0.0523. The Hall–Kier alpha value is -4.17. The van der Waals surface area contributed by atoms with E-state index in [1.165, 1.54) is 18.2 Å². The highest BCUT2D eigenvalue weighted by atomic mass is 19.1. The molecule has 1 N–H and O–H groups in total. The fraction of sp³-hybridized carbons (Fsp3) is 0.217. The number of ketones is 1. The van der Waals surface area contributed by atoms with E-state index in [2.05, 4.69) is 5.32 Å². The Kier molecular flexibility index (Phi) is 6.32. The molecule has 1 amide bonds. The van der Waals surface area contributed by atoms with Gasteiger partial charge in [-0.1, -0.05) is 30.3 Å². The topological polar surface area (TPSA) is 100 Å². The number of Topliss-reactive ketones (excluding diaryl/α,β-unsaturated/α-hetero) is 1. The molecular formula is C23H20FN5O2. The van der Waals surface area contributed by atoms with Crippen LogP contribution in [0.1, 0.15) is 24.4 Å². The van der Waals surface area contributed by atoms with Crippen LogP contribution in [-0.2, 0) is 9.59 Å². The van der Waals surface area contributed by atoms with Crippen LogP contribution < -0.4 is 15.1 Å². The summed E-state index contributed by atoms with van der Waals surface area (Å²) in [6.45, 7) is 0. The van der Waals surface area contributed by atoms with Crippen LogP contribution in [0.4, 0.5) is 15.8 Å². The van der Waals surface area contributed by atoms with E-state index in [9.17, 15) is 24.5 Å². The average Bonchev–Trinajstić information content (AvgIpc) is 3.02. The van der Waals surface area contributed by atoms with Crippen molar-refractivity contribution in [3.05, 3.63) is 71.3 Å². The molecule has 0 fully saturated rings. The van der Waals surface area contributed by atoms with Crippen molar-refractivity contribution in [1.29, 1.82) is 10.5 Å². The Bertz CT molecular complexity index is 1110. The van der Waals surface area contributed by atoms with Gasteiger partial charge in [0.1, 0.15) is 29.3 Å². The van der Waals surface area contributed by atoms with Gasteiger partial charge in [0.05, 0.1) is 17.4 Å². The maximum absolute atomic E-state index is 13.9. The number of hydrogen-bond donors (Lipinski definition) is 1. The summed E-state index contributed by atoms with van der Waals surface area (Å²) in [6.07, 6.45) is -0.448. The van der Waals surface area contributed by atoms with E-state index >= 15 is 0 Å². The number of hydrogen-bond acceptors (Lipinski definition) is 6. The summed E-state index contributed by atoms with van der Waals surface area (Å²) < 4.78 is 13.9. The normalized spacial score (nSPS) is 13.1. The van der Waals surface area contributed by atoms with E-state index in [4.69, 9.17) is 0 Å². The number of nitrogens with zero attached hydrogens (tertiary/aromatic N) is 4. The van der Waals surface area contributed by atoms with Crippen LogP contribution in [0, 0.1) is 28.5 Å². The first-order valence-corrected chi connectivity index (χ1v) is 9.56. The molecule has 2 aromatic rings. The van der Waals surface area contributed by atoms with Gasteiger partial charge in [0.2, 0.25) is 5.91 Å². The SMILES string of the molecule is CN1C(=C(C#N)C(=O)CCC(=O)NC(C#N)c2ccccc2F)N(C)c2ccccc21. The van der Waals surface area contributed by atoms with Crippen LogP contribution in [-0.4, -0.2) is 25.8 Å². The van der Waals surface area contributed by atoms with Crippen molar-refractivity contribution in [2.24, 2.45) is 0 Å². The van der Waals surface area contributed by atoms with Crippen LogP contribution in [0.2, 0.25) is 0 Å². The Labute approximate surface area is 179 Å². The molecule has 1 atom stereocenters. The number of halogens is 1. The molecule has 2 aromatic carbocycles. The molecule has 1 aliphatic heterocycles. The summed E-state index contributed by atoms with van der Waals surface area (Å²) in [6, 6.07) is 15.8. The summed E-state index contributed by atoms with van der Waals surface area (Å²) in [5.41, 5.74) is 1.72. The molecule has 0 spiro atoms. The molecule has 1 aliphatic rings. The Balaban J connectivity index is 1.71. The summed E-state index contributed by atoms with van der Waals surface area (Å²) in [4.78, 5) is 28.6. The zero-order chi connectivity index (χ0) is 22.5. The van der Waals surface area contributed by atoms with E-state index in [1.54, 1.807) is 30.0 Å². The lowest BCUT2D eigenvalue weighted by Gasteiger charge is -2.20. The molecular weight excluding hydrogens is 397 g/mol. The van der Waals surface area contributed by atoms with Gasteiger partial charge in [0.15, 0.2) is 5.78 Å². The number of fused-ring (bicyclic) bond motifs is 1. The van der Waals surface area contributed by atoms with Gasteiger partial charge < -0.3 is 15.1 Å². The summed E-state index contributed by atoms with van der Waals surface area (Å²) in [5, 5.41) is 21.3. The summed E-state index contributed by atoms with van der Waals surface area (Å²) in [7, 11) is 3.53. The van der Waals surface area contributed by atoms with Gasteiger partial charge in [-0.05, 0) is 18.2 Å². The second-order valence-corrected chi connectivity index (χ2v) is 6.99. The lowest BCUT2D eigenvalue weighted by atomic mass is 10.1. The average molecular weight is 417 g/mol. The van der Waals surface area contributed by atoms with Crippen molar-refractivity contribution in [3.63, 3.8) is 0 Å². The quantitative estimate of drug-likeness (QED) is 0.572. The van der Waals surface area contributed by atoms with Gasteiger partial charge in [0.25, 0.3) is 0 Å². The first-order valence-electron chi connectivity index (χ1n) is 9.56. The Morgan fingerprint density at radius 1 is 1.00 bits per heavy atom. The third-order valence-corrected chi connectivity index (χ3v) is 5.08. The third-order valence-electron chi connectivity index (χ3n) is 5.08. The van der Waals surface area contributed by atoms with Crippen LogP contribution in [0.3, 0.4) is 0 Å². The zero-order valence-electron chi connectivity index (χ0n) is 17.1. The lowest BCUT2D eigenvalue weighted by molar-refractivity contribution is -0.124. The second-order valence-electron chi connectivity index (χ2n) is 6.99. The van der Waals surface area contributed by atoms with Crippen LogP contribution in [0.15, 0.2) is 59.9 Å². The number of carbonyl (C=O) groups excluding carboxylic acids is 2. The molecule has 0 radical (unpaired) electrons. The number of carbonyl (C=O) groups is 2. The molecule has 3 rings (SSSR count). The predicted octanol–water partition coefficient (Wildman–Crippen LogP) is 3.18. The molecule has 0 saturated carbocycles. The molecule has 1 unspecified atom stereocenters. The molecule has 0 saturated heterocycles. The second kappa shape index (κ2) is 9.10. The van der Waals surface area contributed by atoms with Gasteiger partial charge >= 0.3 is 0 Å². The van der Waals surface area contributed by atoms with E-state index in [-0.39, 0.29) is 24.0 Å². The van der Waals surface area contributed by atoms with Crippen molar-refractivity contribution in [2.75, 3.05) is 23.9 Å². The number of allylic oxidation sites excluding steroid dienone is 1. The molecule has 156 valence electrons. The van der Waals surface area contributed by atoms with Crippen molar-refractivity contribution in [1.82, 2.24) is 5.32 Å². The van der Waals surface area contributed by atoms with Gasteiger partial charge in [-0.25, -0.2) is 4.39 Å². The highest BCUT2D eigenvalue weighted by molar-refractivity contribution is 6.03. The van der Waals surface area contributed by atoms with Gasteiger partial charge in [-0.15, -0.1) is 0 Å². The Morgan fingerprint density at radius 3 is 2.13 bits per heavy atom. The molecule has 0 aromatic heterocycles. The van der Waals surface area contributed by atoms with E-state index < -0.39 is 23.5 Å². The minimum atomic E-state index is -1.17. The van der Waals surface area contributed by atoms with Crippen LogP contribution >= 0.6 is 0 Å². The van der Waals surface area contributed by atoms with Gasteiger partial charge in [-0.3, -0.25) is 9.59 Å². The number of amides is 1. The molecule has 7 nitrogen and oxygen atoms in total. The summed E-state index contributed by atoms with van der Waals surface area (Å²) >= 11 is 0. The van der Waals surface area contributed by atoms with Crippen molar-refractivity contribution >= 4 is 23.1 Å². The Morgan fingerprint density at radius 2 is 1.58 bits per heavy atom. The van der Waals surface area contributed by atoms with Crippen LogP contribution in [0.25, 0.3) is 0 Å². The molecule has 31 heavy (non-hydrogen) atoms. The highest BCUT2D eigenvalue weighted by Gasteiger charge is 2.31. The monoisotopic (exact) mass is 417 g/mol. The van der Waals surface area contributed by atoms with E-state index in [1.807, 2.05) is 36.4 Å². The third kappa shape index (κ3) is 4.24. The molecule has 0 bridgehead atoms. The number of nitrogens with one attached hydrogen (secondary N) is 1. The van der Waals surface area contributed by atoms with Gasteiger partial charge in [-0.2, -0.15) is 10.5 Å². The lowest BCUT2D eigenvalue weighted by Crippen LogP contribution is -2.29. The van der Waals surface area contributed by atoms with Crippen molar-refractivity contribution < 1.29 is 14.0 Å². The highest BCUT2D eigenvalue weighted by Crippen LogP contribution is 2.40. The van der Waals surface area contributed by atoms with E-state index in [0.29, 0.717) is 5.82 Å². The number of nitriles is 2. The maximum Gasteiger partial charge on any atom is 0.221 e. The number of para-hydroxylation sites is 2. The fourth-order valence-electron chi connectivity index (χ4n) is 3.53. The molecule has 0 aliphatic carbocycles. The number of rotatable bonds is 6. The van der Waals surface area contributed by atoms with E-state index in [0.717, 1.165) is 11.4 Å². The zero-order valence-corrected chi connectivity index (χ0v) is 17.1. The van der Waals surface area contributed by atoms with Crippen LogP contribution in [0.5, 0.6) is 0 Å². The number of benzene rings is 2. The summed E-state index contributed by atoms with van der Waals surface area (Å²) in [5.74, 6) is -1.23. The standard InChI is InChI=1S/C23H20FN5O2/c1-28-19-9-5-6-10-20(19)29(2)23(28)16(13-25)21(30)11-12-22(31)27-18(14-26)15-7-3-4-8-17(15)24/h3-10,18H,11-12H2,1-2H3,(H,27,31). The van der Waals surface area contributed by atoms with Gasteiger partial charge in [0, 0.05) is 32.5 Å². The molecule has 1 heterocycles. The predicted molar refractivity (Wildman–Crippen MR) is 113 cm³/mol. The first kappa shape index (κ1) is 21.5. The first-order chi connectivity index (χ1) is 14.9. The van der Waals surface area contributed by atoms with Crippen molar-refractivity contribution in [2.45, 2.75) is 18.9 Å². The smallest absolute Gasteiger partial charge is 0.221 e. The van der Waals surface area contributed by atoms with Crippen molar-refractivity contribution in [3.8, 4) is 12.1 Å². The largest absolute Gasteiger partial charge is 0.337 e. The fourth-order valence-corrected chi connectivity index (χ4v) is 3.53. The number of anilines is 2. The minimum Gasteiger partial charge on any atom is -0.337 e. The molecule has 8 heteroatoms. The maximum atomic E-state index is 13.9.